The zero-order chi connectivity index (χ0) is 0. The molecule has 4 heteroatoms. The van der Waals surface area contributed by atoms with Crippen molar-refractivity contribution in [2.24, 2.45) is 0 Å². The molecule has 0 atom stereocenters. The van der Waals surface area contributed by atoms with Gasteiger partial charge in [0.25, 0.3) is 0 Å². The monoisotopic (exact) mass is 333 g/mol. The Hall–Kier alpha value is 2.30. The van der Waals surface area contributed by atoms with Gasteiger partial charge in [-0.3, -0.25) is 0 Å². The molecule has 0 amide bonds. The Morgan fingerprint density at radius 2 is 0.500 bits per heavy atom. The van der Waals surface area contributed by atoms with E-state index in [-0.39, 0.29) is 73.6 Å². The van der Waals surface area contributed by atoms with Gasteiger partial charge in [-0.25, -0.2) is 0 Å². The van der Waals surface area contributed by atoms with Crippen molar-refractivity contribution in [1.29, 1.82) is 0 Å². The maximum absolute atomic E-state index is 0. The Morgan fingerprint density at radius 1 is 0.500 bits per heavy atom. The Morgan fingerprint density at radius 3 is 0.500 bits per heavy atom. The maximum atomic E-state index is 0. The van der Waals surface area contributed by atoms with Gasteiger partial charge in [-0.2, -0.15) is 0 Å². The first kappa shape index (κ1) is 33.5. The van der Waals surface area contributed by atoms with E-state index in [4.69, 9.17) is 0 Å². The molecule has 0 bridgehead atoms. The summed E-state index contributed by atoms with van der Waals surface area (Å²) in [6.07, 6.45) is 0. The Labute approximate surface area is 72.8 Å². The smallest absolute Gasteiger partial charge is 0 e. The summed E-state index contributed by atoms with van der Waals surface area (Å²) in [6.45, 7) is 0. The van der Waals surface area contributed by atoms with Gasteiger partial charge in [0, 0.05) is 73.6 Å². The van der Waals surface area contributed by atoms with Gasteiger partial charge in [0.15, 0.2) is 0 Å². The van der Waals surface area contributed by atoms with Crippen LogP contribution in [-0.2, 0) is 22.4 Å². The first-order chi connectivity index (χ1) is 0. The third kappa shape index (κ3) is 8.85. The van der Waals surface area contributed by atoms with E-state index in [9.17, 15) is 0 Å². The molecular formula is NbSe3. The largest absolute Gasteiger partial charge is 0 e. The molecule has 0 spiro atoms. The van der Waals surface area contributed by atoms with E-state index in [2.05, 4.69) is 0 Å². The van der Waals surface area contributed by atoms with Crippen LogP contribution in [0.25, 0.3) is 0 Å². The zero-order valence-corrected chi connectivity index (χ0v) is 9.01. The number of hydrogen-bond donors (Lipinski definition) is 0. The van der Waals surface area contributed by atoms with Crippen molar-refractivity contribution in [3.63, 3.8) is 0 Å². The van der Waals surface area contributed by atoms with Crippen LogP contribution >= 0.6 is 0 Å². The van der Waals surface area contributed by atoms with E-state index in [1.54, 1.807) is 0 Å². The van der Waals surface area contributed by atoms with Crippen LogP contribution in [0.1, 0.15) is 0 Å². The molecule has 0 N–H and O–H groups in total. The molecule has 4 heavy (non-hydrogen) atoms. The fourth-order valence-corrected chi connectivity index (χ4v) is 0. The summed E-state index contributed by atoms with van der Waals surface area (Å²) >= 11 is 0. The predicted octanol–water partition coefficient (Wildman–Crippen LogP) is -1.14. The van der Waals surface area contributed by atoms with Gasteiger partial charge in [0.2, 0.25) is 0 Å². The van der Waals surface area contributed by atoms with Crippen LogP contribution in [-0.4, -0.2) is 51.2 Å². The molecule has 7 radical (unpaired) electrons. The van der Waals surface area contributed by atoms with Crippen molar-refractivity contribution in [2.75, 3.05) is 0 Å². The molecule has 0 heterocycles. The number of hydrogen-bond acceptors (Lipinski definition) is 0. The molecule has 23 valence electrons. The van der Waals surface area contributed by atoms with Crippen LogP contribution < -0.4 is 0 Å². The molecule has 0 aromatic rings. The van der Waals surface area contributed by atoms with E-state index in [1.807, 2.05) is 0 Å². The molecule has 0 aliphatic heterocycles. The van der Waals surface area contributed by atoms with Crippen LogP contribution in [0, 0.1) is 0 Å². The maximum Gasteiger partial charge on any atom is 0 e. The topological polar surface area (TPSA) is 0 Å². The average Bonchev–Trinajstić information content (AvgIpc) is 0. The quantitative estimate of drug-likeness (QED) is 0.493. The van der Waals surface area contributed by atoms with Crippen LogP contribution in [0.4, 0.5) is 0 Å². The van der Waals surface area contributed by atoms with Gasteiger partial charge in [-0.05, 0) is 0 Å². The van der Waals surface area contributed by atoms with E-state index < -0.39 is 0 Å². The van der Waals surface area contributed by atoms with Crippen molar-refractivity contribution in [3.8, 4) is 0 Å². The van der Waals surface area contributed by atoms with Crippen molar-refractivity contribution in [2.45, 2.75) is 0 Å². The minimum Gasteiger partial charge on any atom is 0 e. The summed E-state index contributed by atoms with van der Waals surface area (Å²) in [6, 6.07) is 0. The number of rotatable bonds is 0. The van der Waals surface area contributed by atoms with Crippen LogP contribution in [0.15, 0.2) is 0 Å². The van der Waals surface area contributed by atoms with Gasteiger partial charge >= 0.3 is 0 Å². The molecule has 0 saturated carbocycles. The van der Waals surface area contributed by atoms with Gasteiger partial charge < -0.3 is 0 Å². The van der Waals surface area contributed by atoms with Crippen LogP contribution in [0.2, 0.25) is 0 Å². The van der Waals surface area contributed by atoms with Gasteiger partial charge in [-0.1, -0.05) is 0 Å². The third-order valence-corrected chi connectivity index (χ3v) is 0. The van der Waals surface area contributed by atoms with Gasteiger partial charge in [-0.15, -0.1) is 0 Å². The third-order valence-electron chi connectivity index (χ3n) is 0. The molecular weight excluding hydrogens is 330 g/mol. The average molecular weight is 330 g/mol. The standard InChI is InChI=1S/Nb.3Se. The molecule has 0 aliphatic rings. The fourth-order valence-electron chi connectivity index (χ4n) is 0. The molecule has 0 aromatic heterocycles. The van der Waals surface area contributed by atoms with Gasteiger partial charge in [0.1, 0.15) is 0 Å². The first-order valence-electron chi connectivity index (χ1n) is 0. The van der Waals surface area contributed by atoms with E-state index in [0.717, 1.165) is 0 Å². The van der Waals surface area contributed by atoms with Gasteiger partial charge in [0.05, 0.1) is 0 Å². The van der Waals surface area contributed by atoms with Crippen LogP contribution in [0.5, 0.6) is 0 Å². The summed E-state index contributed by atoms with van der Waals surface area (Å²) in [4.78, 5) is 0. The summed E-state index contributed by atoms with van der Waals surface area (Å²) in [5.74, 6) is 0. The van der Waals surface area contributed by atoms with Crippen molar-refractivity contribution in [1.82, 2.24) is 0 Å². The van der Waals surface area contributed by atoms with E-state index in [1.165, 1.54) is 0 Å². The second-order valence-corrected chi connectivity index (χ2v) is 0. The second kappa shape index (κ2) is 18.5. The van der Waals surface area contributed by atoms with E-state index in [0.29, 0.717) is 0 Å². The molecule has 0 unspecified atom stereocenters. The normalized spacial score (nSPS) is 0. The summed E-state index contributed by atoms with van der Waals surface area (Å²) in [5.41, 5.74) is 0. The summed E-state index contributed by atoms with van der Waals surface area (Å²) in [5, 5.41) is 0. The van der Waals surface area contributed by atoms with Crippen LogP contribution in [0.3, 0.4) is 0 Å². The Balaban J connectivity index is 0. The fraction of sp³-hybridized carbons (Fsp3) is 0. The molecule has 0 aliphatic carbocycles. The Kier molecular flexibility index (Phi) is 155. The summed E-state index contributed by atoms with van der Waals surface area (Å²) < 4.78 is 0. The predicted molar refractivity (Wildman–Crippen MR) is 17.3 cm³/mol. The van der Waals surface area contributed by atoms with Crippen molar-refractivity contribution < 1.29 is 22.4 Å². The molecule has 0 aromatic carbocycles. The minimum absolute atomic E-state index is 0. The Bertz CT molecular complexity index is 3.25. The van der Waals surface area contributed by atoms with Crippen molar-refractivity contribution in [3.05, 3.63) is 0 Å². The minimum atomic E-state index is 0. The first-order valence-corrected chi connectivity index (χ1v) is 0. The zero-order valence-electron chi connectivity index (χ0n) is 1.67. The molecule has 0 nitrogen and oxygen atoms in total. The summed E-state index contributed by atoms with van der Waals surface area (Å²) in [7, 11) is 0. The van der Waals surface area contributed by atoms with E-state index >= 15 is 0 Å². The SMILES string of the molecule is [Nb].[Se].[Se].[Se]. The molecule has 0 fully saturated rings. The molecule has 0 rings (SSSR count). The molecule has 0 saturated heterocycles. The second-order valence-electron chi connectivity index (χ2n) is 0. The van der Waals surface area contributed by atoms with Crippen molar-refractivity contribution >= 4 is 51.2 Å².